The maximum Gasteiger partial charge on any atom is 1.00 e. The number of nitrogens with zero attached hydrogens (tertiary/aromatic N) is 2. The van der Waals surface area contributed by atoms with E-state index in [1.54, 1.807) is 12.1 Å². The Balaban J connectivity index is 0. The minimum atomic E-state index is -0.0185. The van der Waals surface area contributed by atoms with E-state index in [2.05, 4.69) is 12.6 Å². The zero-order valence-electron chi connectivity index (χ0n) is 4.38. The predicted molar refractivity (Wildman–Crippen MR) is 26.7 cm³/mol. The summed E-state index contributed by atoms with van der Waals surface area (Å²) in [5.41, 5.74) is -0.0185. The first-order valence-corrected chi connectivity index (χ1v) is 1.94. The van der Waals surface area contributed by atoms with Crippen LogP contribution in [0.1, 0.15) is 0 Å². The van der Waals surface area contributed by atoms with Gasteiger partial charge in [-0.05, 0) is 0 Å². The van der Waals surface area contributed by atoms with E-state index in [4.69, 9.17) is 10.5 Å². The van der Waals surface area contributed by atoms with E-state index in [9.17, 15) is 0 Å². The van der Waals surface area contributed by atoms with Crippen molar-refractivity contribution in [2.24, 2.45) is 0 Å². The van der Waals surface area contributed by atoms with Crippen LogP contribution in [0.3, 0.4) is 0 Å². The zero-order valence-corrected chi connectivity index (χ0v) is 7.20. The van der Waals surface area contributed by atoms with Crippen LogP contribution >= 0.6 is 0 Å². The third-order valence-electron chi connectivity index (χ3n) is 0.359. The van der Waals surface area contributed by atoms with E-state index in [0.717, 1.165) is 5.41 Å². The van der Waals surface area contributed by atoms with Gasteiger partial charge in [0.2, 0.25) is 0 Å². The summed E-state index contributed by atoms with van der Waals surface area (Å²) in [4.78, 5) is 0. The van der Waals surface area contributed by atoms with Crippen LogP contribution in [0.15, 0.2) is 11.0 Å². The zero-order chi connectivity index (χ0) is 5.70. The SMILES string of the molecule is N#CC(C#N)=C[S-].[Na+]. The molecule has 34 valence electrons. The van der Waals surface area contributed by atoms with Gasteiger partial charge in [-0.2, -0.15) is 15.9 Å². The van der Waals surface area contributed by atoms with Gasteiger partial charge in [0.25, 0.3) is 0 Å². The van der Waals surface area contributed by atoms with Gasteiger partial charge in [0, 0.05) is 0 Å². The van der Waals surface area contributed by atoms with Gasteiger partial charge in [-0.1, -0.05) is 0 Å². The van der Waals surface area contributed by atoms with Gasteiger partial charge in [0.1, 0.15) is 17.7 Å². The Bertz CT molecular complexity index is 146. The van der Waals surface area contributed by atoms with E-state index >= 15 is 0 Å². The molecule has 0 aromatic rings. The third-order valence-corrected chi connectivity index (χ3v) is 0.594. The van der Waals surface area contributed by atoms with Crippen molar-refractivity contribution in [1.82, 2.24) is 0 Å². The number of nitriles is 2. The minimum Gasteiger partial charge on any atom is -0.785 e. The van der Waals surface area contributed by atoms with E-state index in [-0.39, 0.29) is 35.1 Å². The third kappa shape index (κ3) is 4.11. The topological polar surface area (TPSA) is 47.6 Å². The first-order valence-electron chi connectivity index (χ1n) is 1.47. The summed E-state index contributed by atoms with van der Waals surface area (Å²) in [5, 5.41) is 16.9. The van der Waals surface area contributed by atoms with Crippen molar-refractivity contribution < 1.29 is 29.6 Å². The van der Waals surface area contributed by atoms with Crippen molar-refractivity contribution in [2.45, 2.75) is 0 Å². The molecule has 0 aromatic carbocycles. The molecule has 0 saturated carbocycles. The Morgan fingerprint density at radius 1 is 1.38 bits per heavy atom. The number of allylic oxidation sites excluding steroid dienone is 1. The molecule has 0 aliphatic carbocycles. The van der Waals surface area contributed by atoms with Crippen molar-refractivity contribution >= 4 is 12.6 Å². The molecule has 0 amide bonds. The molecule has 0 fully saturated rings. The maximum absolute atomic E-state index is 7.92. The maximum atomic E-state index is 7.92. The molecular formula is C4HN2NaS. The Kier molecular flexibility index (Phi) is 9.40. The predicted octanol–water partition coefficient (Wildman–Crippen LogP) is -2.53. The molecule has 0 aliphatic heterocycles. The van der Waals surface area contributed by atoms with E-state index in [0.29, 0.717) is 0 Å². The second-order valence-corrected chi connectivity index (χ2v) is 0.991. The van der Waals surface area contributed by atoms with Gasteiger partial charge >= 0.3 is 29.6 Å². The number of rotatable bonds is 0. The van der Waals surface area contributed by atoms with Gasteiger partial charge in [-0.15, -0.1) is 0 Å². The van der Waals surface area contributed by atoms with Crippen LogP contribution in [0.2, 0.25) is 0 Å². The largest absolute Gasteiger partial charge is 1.00 e. The van der Waals surface area contributed by atoms with Crippen LogP contribution in [-0.4, -0.2) is 0 Å². The fourth-order valence-corrected chi connectivity index (χ4v) is 0.183. The van der Waals surface area contributed by atoms with Crippen LogP contribution in [0, 0.1) is 22.7 Å². The van der Waals surface area contributed by atoms with Crippen molar-refractivity contribution in [3.8, 4) is 12.1 Å². The van der Waals surface area contributed by atoms with Gasteiger partial charge < -0.3 is 12.6 Å². The molecule has 0 radical (unpaired) electrons. The smallest absolute Gasteiger partial charge is 0.785 e. The average molecular weight is 132 g/mol. The molecule has 4 heteroatoms. The fourth-order valence-electron chi connectivity index (χ4n) is 0.0777. The Morgan fingerprint density at radius 3 is 1.75 bits per heavy atom. The second-order valence-electron chi connectivity index (χ2n) is 0.755. The van der Waals surface area contributed by atoms with Crippen LogP contribution in [0.5, 0.6) is 0 Å². The molecule has 0 aromatic heterocycles. The summed E-state index contributed by atoms with van der Waals surface area (Å²) in [6.07, 6.45) is 0. The first kappa shape index (κ1) is 10.8. The summed E-state index contributed by atoms with van der Waals surface area (Å²) in [5.74, 6) is 0. The molecule has 0 heterocycles. The van der Waals surface area contributed by atoms with Crippen molar-refractivity contribution in [1.29, 1.82) is 10.5 Å². The molecular weight excluding hydrogens is 131 g/mol. The minimum absolute atomic E-state index is 0. The van der Waals surface area contributed by atoms with E-state index in [1.165, 1.54) is 0 Å². The standard InChI is InChI=1S/C4H2N2S.Na/c5-1-4(2-6)3-7;/h3,7H;/q;+1/p-1. The molecule has 0 saturated heterocycles. The van der Waals surface area contributed by atoms with Gasteiger partial charge in [0.15, 0.2) is 0 Å². The quantitative estimate of drug-likeness (QED) is 0.207. The number of hydrogen-bond acceptors (Lipinski definition) is 3. The molecule has 2 nitrogen and oxygen atoms in total. The van der Waals surface area contributed by atoms with Crippen LogP contribution in [0.25, 0.3) is 0 Å². The number of hydrogen-bond donors (Lipinski definition) is 0. The summed E-state index contributed by atoms with van der Waals surface area (Å²) in [7, 11) is 0. The van der Waals surface area contributed by atoms with Crippen LogP contribution in [0.4, 0.5) is 0 Å². The normalized spacial score (nSPS) is 4.75. The Morgan fingerprint density at radius 2 is 1.75 bits per heavy atom. The summed E-state index contributed by atoms with van der Waals surface area (Å²) < 4.78 is 0. The molecule has 0 unspecified atom stereocenters. The molecule has 0 atom stereocenters. The van der Waals surface area contributed by atoms with Crippen molar-refractivity contribution in [3.05, 3.63) is 11.0 Å². The molecule has 0 rings (SSSR count). The van der Waals surface area contributed by atoms with E-state index in [1.807, 2.05) is 0 Å². The van der Waals surface area contributed by atoms with Crippen molar-refractivity contribution in [2.75, 3.05) is 0 Å². The first-order chi connectivity index (χ1) is 3.35. The summed E-state index contributed by atoms with van der Waals surface area (Å²) >= 11 is 4.26. The molecule has 0 N–H and O–H groups in total. The van der Waals surface area contributed by atoms with E-state index < -0.39 is 0 Å². The monoisotopic (exact) mass is 132 g/mol. The van der Waals surface area contributed by atoms with Crippen LogP contribution in [-0.2, 0) is 12.6 Å². The summed E-state index contributed by atoms with van der Waals surface area (Å²) in [6, 6.07) is 3.19. The Labute approximate surface area is 75.5 Å². The average Bonchev–Trinajstić information content (AvgIpc) is 1.72. The summed E-state index contributed by atoms with van der Waals surface area (Å²) in [6.45, 7) is 0. The van der Waals surface area contributed by atoms with Crippen molar-refractivity contribution in [3.63, 3.8) is 0 Å². The van der Waals surface area contributed by atoms with Gasteiger partial charge in [-0.25, -0.2) is 0 Å². The Hall–Kier alpha value is -0.0600. The van der Waals surface area contributed by atoms with Gasteiger partial charge in [-0.3, -0.25) is 0 Å². The molecule has 0 bridgehead atoms. The second kappa shape index (κ2) is 6.94. The van der Waals surface area contributed by atoms with Crippen LogP contribution < -0.4 is 29.6 Å². The van der Waals surface area contributed by atoms with Gasteiger partial charge in [0.05, 0.1) is 0 Å². The molecule has 0 spiro atoms. The fraction of sp³-hybridized carbons (Fsp3) is 0. The molecule has 8 heavy (non-hydrogen) atoms. The molecule has 0 aliphatic rings.